The van der Waals surface area contributed by atoms with Crippen LogP contribution in [-0.2, 0) is 10.0 Å². The van der Waals surface area contributed by atoms with Crippen LogP contribution in [0.2, 0.25) is 0 Å². The molecule has 1 aliphatic rings. The first-order valence-corrected chi connectivity index (χ1v) is 10.0. The first-order valence-electron chi connectivity index (χ1n) is 7.77. The number of hydrogen-bond donors (Lipinski definition) is 0. The summed E-state index contributed by atoms with van der Waals surface area (Å²) in [5, 5.41) is 0.830. The van der Waals surface area contributed by atoms with Gasteiger partial charge in [-0.1, -0.05) is 23.5 Å². The molecule has 6 nitrogen and oxygen atoms in total. The summed E-state index contributed by atoms with van der Waals surface area (Å²) in [6.45, 7) is 1.60. The summed E-state index contributed by atoms with van der Waals surface area (Å²) in [6, 6.07) is 9.22. The second-order valence-corrected chi connectivity index (χ2v) is 8.51. The van der Waals surface area contributed by atoms with Crippen molar-refractivity contribution in [3.05, 3.63) is 48.4 Å². The van der Waals surface area contributed by atoms with E-state index in [1.165, 1.54) is 33.8 Å². The summed E-state index contributed by atoms with van der Waals surface area (Å²) in [5.41, 5.74) is 0.837. The van der Waals surface area contributed by atoms with Crippen molar-refractivity contribution in [1.82, 2.24) is 14.3 Å². The average Bonchev–Trinajstić information content (AvgIpc) is 3.06. The van der Waals surface area contributed by atoms with Gasteiger partial charge in [0.2, 0.25) is 10.0 Å². The largest absolute Gasteiger partial charge is 0.345 e. The fourth-order valence-corrected chi connectivity index (χ4v) is 5.25. The molecular weight excluding hydrogens is 363 g/mol. The molecule has 1 aromatic carbocycles. The van der Waals surface area contributed by atoms with E-state index in [-0.39, 0.29) is 4.90 Å². The third kappa shape index (κ3) is 2.99. The topological polar surface area (TPSA) is 66.4 Å². The van der Waals surface area contributed by atoms with Crippen LogP contribution in [0.1, 0.15) is 0 Å². The van der Waals surface area contributed by atoms with Gasteiger partial charge < -0.3 is 4.90 Å². The molecule has 4 rings (SSSR count). The highest BCUT2D eigenvalue weighted by molar-refractivity contribution is 7.89. The van der Waals surface area contributed by atoms with E-state index in [0.29, 0.717) is 26.2 Å². The van der Waals surface area contributed by atoms with Gasteiger partial charge in [-0.2, -0.15) is 4.31 Å². The van der Waals surface area contributed by atoms with E-state index in [9.17, 15) is 12.8 Å². The van der Waals surface area contributed by atoms with Crippen molar-refractivity contribution in [1.29, 1.82) is 0 Å². The second kappa shape index (κ2) is 6.32. The number of aromatic nitrogens is 2. The maximum atomic E-state index is 13.9. The van der Waals surface area contributed by atoms with Crippen LogP contribution in [0, 0.1) is 5.82 Å². The Morgan fingerprint density at radius 1 is 1.04 bits per heavy atom. The number of rotatable bonds is 3. The molecule has 3 aromatic rings. The molecule has 0 radical (unpaired) electrons. The zero-order chi connectivity index (χ0) is 17.4. The lowest BCUT2D eigenvalue weighted by Crippen LogP contribution is -2.48. The van der Waals surface area contributed by atoms with Gasteiger partial charge >= 0.3 is 0 Å². The molecule has 0 N–H and O–H groups in total. The van der Waals surface area contributed by atoms with E-state index in [2.05, 4.69) is 9.97 Å². The number of fused-ring (bicyclic) bond motifs is 1. The van der Waals surface area contributed by atoms with Crippen LogP contribution in [0.4, 0.5) is 9.52 Å². The van der Waals surface area contributed by atoms with Gasteiger partial charge in [0.25, 0.3) is 0 Å². The van der Waals surface area contributed by atoms with Gasteiger partial charge in [-0.15, -0.1) is 0 Å². The molecule has 0 bridgehead atoms. The highest BCUT2D eigenvalue weighted by Crippen LogP contribution is 2.28. The Balaban J connectivity index is 1.52. The molecule has 0 amide bonds. The fourth-order valence-electron chi connectivity index (χ4n) is 2.81. The molecule has 3 heterocycles. The smallest absolute Gasteiger partial charge is 0.246 e. The predicted octanol–water partition coefficient (Wildman–Crippen LogP) is 2.34. The summed E-state index contributed by atoms with van der Waals surface area (Å²) in [5.74, 6) is -0.720. The average molecular weight is 378 g/mol. The first kappa shape index (κ1) is 16.4. The standard InChI is InChI=1S/C16H15FN4O2S2/c17-12-4-1-2-6-14(12)25(22,23)21-10-8-20(9-11-21)16-19-13-5-3-7-18-15(13)24-16/h1-7H,8-11H2. The third-order valence-electron chi connectivity index (χ3n) is 4.12. The number of anilines is 1. The zero-order valence-corrected chi connectivity index (χ0v) is 14.8. The number of benzene rings is 1. The van der Waals surface area contributed by atoms with Gasteiger partial charge in [0, 0.05) is 32.4 Å². The molecule has 1 saturated heterocycles. The monoisotopic (exact) mass is 378 g/mol. The van der Waals surface area contributed by atoms with Gasteiger partial charge in [-0.25, -0.2) is 22.8 Å². The van der Waals surface area contributed by atoms with E-state index in [1.54, 1.807) is 6.20 Å². The first-order chi connectivity index (χ1) is 12.1. The van der Waals surface area contributed by atoms with Crippen molar-refractivity contribution in [2.75, 3.05) is 31.1 Å². The summed E-state index contributed by atoms with van der Waals surface area (Å²) < 4.78 is 40.5. The van der Waals surface area contributed by atoms with Crippen molar-refractivity contribution in [3.8, 4) is 0 Å². The third-order valence-corrected chi connectivity index (χ3v) is 7.09. The molecule has 0 atom stereocenters. The van der Waals surface area contributed by atoms with Gasteiger partial charge in [0.05, 0.1) is 0 Å². The number of piperazine rings is 1. The maximum Gasteiger partial charge on any atom is 0.246 e. The lowest BCUT2D eigenvalue weighted by atomic mass is 10.3. The van der Waals surface area contributed by atoms with Gasteiger partial charge in [0.15, 0.2) is 5.13 Å². The van der Waals surface area contributed by atoms with Crippen molar-refractivity contribution < 1.29 is 12.8 Å². The molecular formula is C16H15FN4O2S2. The van der Waals surface area contributed by atoms with E-state index >= 15 is 0 Å². The lowest BCUT2D eigenvalue weighted by molar-refractivity contribution is 0.382. The van der Waals surface area contributed by atoms with Crippen LogP contribution < -0.4 is 4.90 Å². The Hall–Kier alpha value is -2.10. The fraction of sp³-hybridized carbons (Fsp3) is 0.250. The van der Waals surface area contributed by atoms with Gasteiger partial charge in [0.1, 0.15) is 21.1 Å². The minimum absolute atomic E-state index is 0.271. The zero-order valence-electron chi connectivity index (χ0n) is 13.2. The van der Waals surface area contributed by atoms with E-state index < -0.39 is 15.8 Å². The van der Waals surface area contributed by atoms with Crippen molar-refractivity contribution in [2.45, 2.75) is 4.90 Å². The molecule has 25 heavy (non-hydrogen) atoms. The molecule has 1 fully saturated rings. The lowest BCUT2D eigenvalue weighted by Gasteiger charge is -2.33. The number of hydrogen-bond acceptors (Lipinski definition) is 6. The number of nitrogens with zero attached hydrogens (tertiary/aromatic N) is 4. The Morgan fingerprint density at radius 3 is 2.52 bits per heavy atom. The summed E-state index contributed by atoms with van der Waals surface area (Å²) >= 11 is 1.49. The minimum atomic E-state index is -3.82. The number of sulfonamides is 1. The normalized spacial score (nSPS) is 16.4. The molecule has 0 spiro atoms. The molecule has 9 heteroatoms. The van der Waals surface area contributed by atoms with Crippen LogP contribution in [0.5, 0.6) is 0 Å². The molecule has 130 valence electrons. The summed E-state index contributed by atoms with van der Waals surface area (Å²) in [7, 11) is -3.82. The molecule has 0 unspecified atom stereocenters. The minimum Gasteiger partial charge on any atom is -0.345 e. The Kier molecular flexibility index (Phi) is 4.14. The second-order valence-electron chi connectivity index (χ2n) is 5.65. The van der Waals surface area contributed by atoms with Gasteiger partial charge in [-0.05, 0) is 24.3 Å². The number of halogens is 1. The highest BCUT2D eigenvalue weighted by atomic mass is 32.2. The number of thiazole rings is 1. The SMILES string of the molecule is O=S(=O)(c1ccccc1F)N1CCN(c2nc3cccnc3s2)CC1. The van der Waals surface area contributed by atoms with Crippen molar-refractivity contribution >= 4 is 36.8 Å². The van der Waals surface area contributed by atoms with Crippen molar-refractivity contribution in [2.24, 2.45) is 0 Å². The molecule has 2 aromatic heterocycles. The molecule has 0 saturated carbocycles. The highest BCUT2D eigenvalue weighted by Gasteiger charge is 2.31. The van der Waals surface area contributed by atoms with E-state index in [1.807, 2.05) is 17.0 Å². The Morgan fingerprint density at radius 2 is 1.80 bits per heavy atom. The molecule has 0 aliphatic carbocycles. The van der Waals surface area contributed by atoms with Crippen LogP contribution in [0.15, 0.2) is 47.5 Å². The van der Waals surface area contributed by atoms with Gasteiger partial charge in [-0.3, -0.25) is 0 Å². The van der Waals surface area contributed by atoms with Crippen LogP contribution >= 0.6 is 11.3 Å². The van der Waals surface area contributed by atoms with Crippen molar-refractivity contribution in [3.63, 3.8) is 0 Å². The summed E-state index contributed by atoms with van der Waals surface area (Å²) in [4.78, 5) is 11.5. The van der Waals surface area contributed by atoms with Crippen LogP contribution in [-0.4, -0.2) is 48.9 Å². The quantitative estimate of drug-likeness (QED) is 0.700. The van der Waals surface area contributed by atoms with Crippen LogP contribution in [0.25, 0.3) is 10.3 Å². The summed E-state index contributed by atoms with van der Waals surface area (Å²) in [6.07, 6.45) is 1.73. The maximum absolute atomic E-state index is 13.9. The Bertz CT molecular complexity index is 981. The Labute approximate surface area is 148 Å². The van der Waals surface area contributed by atoms with E-state index in [4.69, 9.17) is 0 Å². The van der Waals surface area contributed by atoms with E-state index in [0.717, 1.165) is 21.5 Å². The predicted molar refractivity (Wildman–Crippen MR) is 94.8 cm³/mol. The molecule has 1 aliphatic heterocycles. The number of pyridine rings is 1. The van der Waals surface area contributed by atoms with Crippen LogP contribution in [0.3, 0.4) is 0 Å².